The minimum absolute atomic E-state index is 0.257. The van der Waals surface area contributed by atoms with Crippen molar-refractivity contribution in [1.82, 2.24) is 0 Å². The van der Waals surface area contributed by atoms with E-state index in [-0.39, 0.29) is 13.2 Å². The highest BCUT2D eigenvalue weighted by atomic mass is 28.4. The summed E-state index contributed by atoms with van der Waals surface area (Å²) in [7, 11) is 0.213. The third kappa shape index (κ3) is 4.92. The highest BCUT2D eigenvalue weighted by Gasteiger charge is 2.57. The maximum atomic E-state index is 10.6. The molecule has 0 amide bonds. The highest BCUT2D eigenvalue weighted by molar-refractivity contribution is 6.62. The summed E-state index contributed by atoms with van der Waals surface area (Å²) in [6.07, 6.45) is 0. The van der Waals surface area contributed by atoms with E-state index in [1.807, 2.05) is 0 Å². The second-order valence-electron chi connectivity index (χ2n) is 5.76. The first-order valence-electron chi connectivity index (χ1n) is 7.31. The van der Waals surface area contributed by atoms with Crippen LogP contribution in [-0.4, -0.2) is 113 Å². The lowest BCUT2D eigenvalue weighted by atomic mass is 9.90. The molecule has 6 N–H and O–H groups in total. The highest BCUT2D eigenvalue weighted by Crippen LogP contribution is 2.30. The molecule has 0 aliphatic rings. The van der Waals surface area contributed by atoms with Crippen LogP contribution in [0.1, 0.15) is 0 Å². The van der Waals surface area contributed by atoms with E-state index < -0.39 is 58.4 Å². The van der Waals surface area contributed by atoms with E-state index >= 15 is 0 Å². The Labute approximate surface area is 142 Å². The number of aliphatic hydroxyl groups is 6. The third-order valence-corrected chi connectivity index (χ3v) is 7.19. The summed E-state index contributed by atoms with van der Waals surface area (Å²) in [5.74, 6) is 0. The Balaban J connectivity index is 5.25. The molecule has 0 radical (unpaired) electrons. The second-order valence-corrected chi connectivity index (χ2v) is 8.74. The Kier molecular flexibility index (Phi) is 10.6. The SMILES string of the molecule is CO[Si](OC)(OC)C(O)C(CO)(CO)COCC(CO)(CO)CO. The van der Waals surface area contributed by atoms with Crippen molar-refractivity contribution in [2.45, 2.75) is 5.73 Å². The molecule has 0 aromatic rings. The van der Waals surface area contributed by atoms with Gasteiger partial charge in [0.15, 0.2) is 0 Å². The van der Waals surface area contributed by atoms with Gasteiger partial charge in [-0.1, -0.05) is 0 Å². The van der Waals surface area contributed by atoms with E-state index in [1.165, 1.54) is 21.3 Å². The quantitative estimate of drug-likeness (QED) is 0.170. The van der Waals surface area contributed by atoms with Gasteiger partial charge in [0.25, 0.3) is 0 Å². The van der Waals surface area contributed by atoms with Crippen LogP contribution in [0.25, 0.3) is 0 Å². The van der Waals surface area contributed by atoms with Gasteiger partial charge in [0.2, 0.25) is 0 Å². The van der Waals surface area contributed by atoms with Gasteiger partial charge in [-0.3, -0.25) is 0 Å². The molecule has 10 nitrogen and oxygen atoms in total. The summed E-state index contributed by atoms with van der Waals surface area (Å²) in [6, 6.07) is 0. The molecule has 24 heavy (non-hydrogen) atoms. The molecular weight excluding hydrogens is 344 g/mol. The van der Waals surface area contributed by atoms with Crippen LogP contribution in [0.2, 0.25) is 0 Å². The second kappa shape index (κ2) is 10.7. The summed E-state index contributed by atoms with van der Waals surface area (Å²) in [6.45, 7) is -3.53. The van der Waals surface area contributed by atoms with Crippen LogP contribution in [0.5, 0.6) is 0 Å². The normalized spacial score (nSPS) is 14.9. The molecule has 146 valence electrons. The van der Waals surface area contributed by atoms with Gasteiger partial charge < -0.3 is 48.7 Å². The lowest BCUT2D eigenvalue weighted by Gasteiger charge is -2.41. The van der Waals surface area contributed by atoms with Crippen molar-refractivity contribution in [1.29, 1.82) is 0 Å². The predicted molar refractivity (Wildman–Crippen MR) is 83.9 cm³/mol. The molecule has 1 unspecified atom stereocenters. The molecule has 1 atom stereocenters. The average Bonchev–Trinajstić information content (AvgIpc) is 2.65. The molecule has 0 aromatic heterocycles. The molecular formula is C13H30O10Si. The first kappa shape index (κ1) is 23.8. The zero-order valence-corrected chi connectivity index (χ0v) is 15.3. The van der Waals surface area contributed by atoms with Crippen molar-refractivity contribution in [2.75, 3.05) is 67.6 Å². The summed E-state index contributed by atoms with van der Waals surface area (Å²) in [5, 5.41) is 57.8. The van der Waals surface area contributed by atoms with Crippen LogP contribution >= 0.6 is 0 Å². The summed E-state index contributed by atoms with van der Waals surface area (Å²) in [5.41, 5.74) is -4.35. The molecule has 0 rings (SSSR count). The molecule has 0 spiro atoms. The Morgan fingerprint density at radius 3 is 1.46 bits per heavy atom. The Bertz CT molecular complexity index is 314. The maximum Gasteiger partial charge on any atom is 0.531 e. The van der Waals surface area contributed by atoms with E-state index in [4.69, 9.17) is 18.0 Å². The molecule has 0 aliphatic carbocycles. The fraction of sp³-hybridized carbons (Fsp3) is 1.00. The van der Waals surface area contributed by atoms with Crippen molar-refractivity contribution < 1.29 is 48.7 Å². The van der Waals surface area contributed by atoms with Crippen molar-refractivity contribution in [2.24, 2.45) is 10.8 Å². The van der Waals surface area contributed by atoms with Gasteiger partial charge in [0.05, 0.1) is 57.1 Å². The third-order valence-electron chi connectivity index (χ3n) is 4.20. The largest absolute Gasteiger partial charge is 0.531 e. The molecule has 11 heteroatoms. The molecule has 0 saturated carbocycles. The number of ether oxygens (including phenoxy) is 1. The average molecular weight is 374 g/mol. The zero-order chi connectivity index (χ0) is 18.9. The van der Waals surface area contributed by atoms with Crippen LogP contribution in [-0.2, 0) is 18.0 Å². The predicted octanol–water partition coefficient (Wildman–Crippen LogP) is -3.28. The molecule has 0 heterocycles. The van der Waals surface area contributed by atoms with Gasteiger partial charge in [0.1, 0.15) is 5.73 Å². The van der Waals surface area contributed by atoms with Gasteiger partial charge in [-0.05, 0) is 0 Å². The number of hydrogen-bond donors (Lipinski definition) is 6. The van der Waals surface area contributed by atoms with Gasteiger partial charge in [-0.15, -0.1) is 0 Å². The van der Waals surface area contributed by atoms with Crippen LogP contribution in [0, 0.1) is 10.8 Å². The van der Waals surface area contributed by atoms with Gasteiger partial charge in [-0.2, -0.15) is 0 Å². The smallest absolute Gasteiger partial charge is 0.396 e. The summed E-state index contributed by atoms with van der Waals surface area (Å²) < 4.78 is 20.9. The van der Waals surface area contributed by atoms with Crippen LogP contribution in [0.3, 0.4) is 0 Å². The Morgan fingerprint density at radius 2 is 1.17 bits per heavy atom. The van der Waals surface area contributed by atoms with Gasteiger partial charge >= 0.3 is 8.80 Å². The van der Waals surface area contributed by atoms with Crippen LogP contribution in [0.15, 0.2) is 0 Å². The molecule has 0 fully saturated rings. The maximum absolute atomic E-state index is 10.6. The fourth-order valence-corrected chi connectivity index (χ4v) is 4.30. The number of rotatable bonds is 14. The number of hydrogen-bond acceptors (Lipinski definition) is 10. The zero-order valence-electron chi connectivity index (χ0n) is 14.3. The topological polar surface area (TPSA) is 158 Å². The summed E-state index contributed by atoms with van der Waals surface area (Å²) in [4.78, 5) is 0. The van der Waals surface area contributed by atoms with Crippen LogP contribution < -0.4 is 0 Å². The van der Waals surface area contributed by atoms with Gasteiger partial charge in [-0.25, -0.2) is 0 Å². The van der Waals surface area contributed by atoms with E-state index in [9.17, 15) is 30.6 Å². The monoisotopic (exact) mass is 374 g/mol. The number of aliphatic hydroxyl groups excluding tert-OH is 6. The molecule has 0 bridgehead atoms. The van der Waals surface area contributed by atoms with E-state index in [1.54, 1.807) is 0 Å². The fourth-order valence-electron chi connectivity index (χ4n) is 2.11. The molecule has 0 aromatic carbocycles. The standard InChI is InChI=1S/C13H30O10Si/c1-20-24(21-2,22-3)11(19)13(7-17,8-18)10-23-9-12(4-14,5-15)6-16/h11,14-19H,4-10H2,1-3H3. The lowest BCUT2D eigenvalue weighted by Crippen LogP contribution is -2.64. The first-order valence-corrected chi connectivity index (χ1v) is 9.11. The lowest BCUT2D eigenvalue weighted by molar-refractivity contribution is -0.125. The molecule has 0 aliphatic heterocycles. The van der Waals surface area contributed by atoms with Crippen LogP contribution in [0.4, 0.5) is 0 Å². The van der Waals surface area contributed by atoms with E-state index in [2.05, 4.69) is 0 Å². The Morgan fingerprint density at radius 1 is 0.750 bits per heavy atom. The van der Waals surface area contributed by atoms with Crippen molar-refractivity contribution in [3.63, 3.8) is 0 Å². The Hall–Kier alpha value is -0.183. The first-order chi connectivity index (χ1) is 11.3. The minimum atomic E-state index is -3.61. The summed E-state index contributed by atoms with van der Waals surface area (Å²) >= 11 is 0. The van der Waals surface area contributed by atoms with E-state index in [0.29, 0.717) is 0 Å². The van der Waals surface area contributed by atoms with Crippen molar-refractivity contribution in [3.8, 4) is 0 Å². The van der Waals surface area contributed by atoms with Crippen molar-refractivity contribution >= 4 is 8.80 Å². The van der Waals surface area contributed by atoms with E-state index in [0.717, 1.165) is 0 Å². The molecule has 0 saturated heterocycles. The van der Waals surface area contributed by atoms with Crippen molar-refractivity contribution in [3.05, 3.63) is 0 Å². The van der Waals surface area contributed by atoms with Gasteiger partial charge in [0, 0.05) is 21.3 Å². The minimum Gasteiger partial charge on any atom is -0.396 e.